The highest BCUT2D eigenvalue weighted by Crippen LogP contribution is 2.35. The molecule has 3 heteroatoms. The topological polar surface area (TPSA) is 44.1 Å². The van der Waals surface area contributed by atoms with Gasteiger partial charge < -0.3 is 0 Å². The molecule has 0 spiro atoms. The summed E-state index contributed by atoms with van der Waals surface area (Å²) in [5.41, 5.74) is 1.19. The zero-order chi connectivity index (χ0) is 12.5. The van der Waals surface area contributed by atoms with Crippen molar-refractivity contribution < 1.29 is 4.79 Å². The summed E-state index contributed by atoms with van der Waals surface area (Å²) in [5, 5.41) is 9.16. The van der Waals surface area contributed by atoms with Gasteiger partial charge in [-0.05, 0) is 18.1 Å². The van der Waals surface area contributed by atoms with Gasteiger partial charge in [-0.2, -0.15) is 5.26 Å². The lowest BCUT2D eigenvalue weighted by atomic mass is 9.99. The molecular weight excluding hydrogens is 224 g/mol. The van der Waals surface area contributed by atoms with Gasteiger partial charge in [0.25, 0.3) is 0 Å². The van der Waals surface area contributed by atoms with Crippen LogP contribution in [0.5, 0.6) is 0 Å². The summed E-state index contributed by atoms with van der Waals surface area (Å²) in [4.78, 5) is 14.1. The van der Waals surface area contributed by atoms with Crippen LogP contribution in [-0.2, 0) is 11.3 Å². The lowest BCUT2D eigenvalue weighted by Gasteiger charge is -2.30. The molecule has 3 rings (SSSR count). The molecule has 2 aliphatic rings. The molecule has 0 saturated carbocycles. The van der Waals surface area contributed by atoms with Gasteiger partial charge in [-0.3, -0.25) is 9.69 Å². The maximum atomic E-state index is 11.9. The standard InChI is InChI=1S/C15H14N2O/c16-9-12-8-13-6-7-14(18)15(12)17(13)10-11-4-2-1-3-5-11/h1-7,12-13,15H,8,10H2/t12-,13+,15+/m0/s1. The smallest absolute Gasteiger partial charge is 0.173 e. The molecule has 0 amide bonds. The third-order valence-corrected chi connectivity index (χ3v) is 3.81. The van der Waals surface area contributed by atoms with Crippen molar-refractivity contribution in [3.05, 3.63) is 48.0 Å². The molecule has 1 aromatic rings. The summed E-state index contributed by atoms with van der Waals surface area (Å²) in [6.07, 6.45) is 4.36. The molecule has 3 atom stereocenters. The van der Waals surface area contributed by atoms with Crippen molar-refractivity contribution in [1.82, 2.24) is 4.90 Å². The van der Waals surface area contributed by atoms with E-state index < -0.39 is 0 Å². The number of carbonyl (C=O) groups is 1. The number of carbonyl (C=O) groups excluding carboxylic acids is 1. The predicted molar refractivity (Wildman–Crippen MR) is 67.4 cm³/mol. The Bertz CT molecular complexity index is 529. The Labute approximate surface area is 106 Å². The van der Waals surface area contributed by atoms with E-state index in [4.69, 9.17) is 5.26 Å². The quantitative estimate of drug-likeness (QED) is 0.790. The maximum absolute atomic E-state index is 11.9. The van der Waals surface area contributed by atoms with E-state index in [1.54, 1.807) is 6.08 Å². The minimum atomic E-state index is -0.245. The maximum Gasteiger partial charge on any atom is 0.173 e. The Morgan fingerprint density at radius 1 is 1.33 bits per heavy atom. The number of nitrogens with zero attached hydrogens (tertiary/aromatic N) is 2. The zero-order valence-electron chi connectivity index (χ0n) is 9.99. The Morgan fingerprint density at radius 3 is 2.83 bits per heavy atom. The second-order valence-electron chi connectivity index (χ2n) is 4.90. The predicted octanol–water partition coefficient (Wildman–Crippen LogP) is 1.91. The third-order valence-electron chi connectivity index (χ3n) is 3.81. The fraction of sp³-hybridized carbons (Fsp3) is 0.333. The fourth-order valence-electron chi connectivity index (χ4n) is 2.95. The molecule has 90 valence electrons. The molecule has 1 saturated heterocycles. The van der Waals surface area contributed by atoms with Gasteiger partial charge in [0.1, 0.15) is 0 Å². The zero-order valence-corrected chi connectivity index (χ0v) is 9.99. The van der Waals surface area contributed by atoms with Crippen LogP contribution in [0.3, 0.4) is 0 Å². The normalized spacial score (nSPS) is 30.4. The number of hydrogen-bond acceptors (Lipinski definition) is 3. The molecule has 1 aromatic carbocycles. The first-order valence-corrected chi connectivity index (χ1v) is 6.21. The number of benzene rings is 1. The monoisotopic (exact) mass is 238 g/mol. The number of rotatable bonds is 2. The van der Waals surface area contributed by atoms with E-state index >= 15 is 0 Å². The van der Waals surface area contributed by atoms with Crippen LogP contribution in [0.2, 0.25) is 0 Å². The summed E-state index contributed by atoms with van der Waals surface area (Å²) in [5.74, 6) is -0.0903. The van der Waals surface area contributed by atoms with Gasteiger partial charge in [-0.25, -0.2) is 0 Å². The van der Waals surface area contributed by atoms with E-state index in [1.807, 2.05) is 24.3 Å². The average molecular weight is 238 g/mol. The van der Waals surface area contributed by atoms with Crippen molar-refractivity contribution in [2.45, 2.75) is 25.0 Å². The van der Waals surface area contributed by atoms with Gasteiger partial charge in [-0.1, -0.05) is 36.4 Å². The second-order valence-corrected chi connectivity index (χ2v) is 4.90. The van der Waals surface area contributed by atoms with Crippen LogP contribution in [0.1, 0.15) is 12.0 Å². The van der Waals surface area contributed by atoms with Gasteiger partial charge in [-0.15, -0.1) is 0 Å². The van der Waals surface area contributed by atoms with Crippen molar-refractivity contribution in [3.8, 4) is 6.07 Å². The van der Waals surface area contributed by atoms with E-state index in [0.29, 0.717) is 0 Å². The minimum Gasteiger partial charge on any atom is -0.293 e. The average Bonchev–Trinajstić information content (AvgIpc) is 2.65. The number of nitriles is 1. The van der Waals surface area contributed by atoms with E-state index in [0.717, 1.165) is 13.0 Å². The van der Waals surface area contributed by atoms with Crippen LogP contribution in [0.15, 0.2) is 42.5 Å². The number of ketones is 1. The molecular formula is C15H14N2O. The summed E-state index contributed by atoms with van der Waals surface area (Å²) in [7, 11) is 0. The largest absolute Gasteiger partial charge is 0.293 e. The van der Waals surface area contributed by atoms with E-state index in [9.17, 15) is 4.79 Å². The highest BCUT2D eigenvalue weighted by atomic mass is 16.1. The van der Waals surface area contributed by atoms with Gasteiger partial charge in [0.05, 0.1) is 18.0 Å². The molecule has 0 aromatic heterocycles. The first-order chi connectivity index (χ1) is 8.79. The van der Waals surface area contributed by atoms with Crippen LogP contribution in [0, 0.1) is 17.2 Å². The van der Waals surface area contributed by atoms with E-state index in [2.05, 4.69) is 23.1 Å². The summed E-state index contributed by atoms with van der Waals surface area (Å²) in [6.45, 7) is 0.741. The van der Waals surface area contributed by atoms with Crippen molar-refractivity contribution in [3.63, 3.8) is 0 Å². The number of hydrogen-bond donors (Lipinski definition) is 0. The number of fused-ring (bicyclic) bond motifs is 2. The van der Waals surface area contributed by atoms with Crippen LogP contribution < -0.4 is 0 Å². The highest BCUT2D eigenvalue weighted by Gasteiger charge is 2.45. The molecule has 0 aliphatic carbocycles. The first-order valence-electron chi connectivity index (χ1n) is 6.21. The first kappa shape index (κ1) is 11.2. The van der Waals surface area contributed by atoms with Crippen molar-refractivity contribution in [2.24, 2.45) is 5.92 Å². The van der Waals surface area contributed by atoms with Crippen LogP contribution >= 0.6 is 0 Å². The van der Waals surface area contributed by atoms with Gasteiger partial charge >= 0.3 is 0 Å². The molecule has 3 nitrogen and oxygen atoms in total. The molecule has 2 aliphatic heterocycles. The van der Waals surface area contributed by atoms with Crippen molar-refractivity contribution in [2.75, 3.05) is 0 Å². The Hall–Kier alpha value is -1.92. The van der Waals surface area contributed by atoms with E-state index in [-0.39, 0.29) is 23.8 Å². The molecule has 2 bridgehead atoms. The van der Waals surface area contributed by atoms with Gasteiger partial charge in [0, 0.05) is 12.6 Å². The van der Waals surface area contributed by atoms with Crippen LogP contribution in [0.4, 0.5) is 0 Å². The lowest BCUT2D eigenvalue weighted by Crippen LogP contribution is -2.43. The lowest BCUT2D eigenvalue weighted by molar-refractivity contribution is -0.120. The molecule has 2 heterocycles. The molecule has 0 radical (unpaired) electrons. The van der Waals surface area contributed by atoms with Crippen molar-refractivity contribution in [1.29, 1.82) is 5.26 Å². The Kier molecular flexibility index (Phi) is 2.73. The SMILES string of the molecule is N#C[C@@H]1C[C@H]2C=CC(=O)[C@@H]1N2Cc1ccccc1. The summed E-state index contributed by atoms with van der Waals surface area (Å²) in [6, 6.07) is 12.4. The summed E-state index contributed by atoms with van der Waals surface area (Å²) < 4.78 is 0. The fourth-order valence-corrected chi connectivity index (χ4v) is 2.95. The van der Waals surface area contributed by atoms with Gasteiger partial charge in [0.2, 0.25) is 0 Å². The van der Waals surface area contributed by atoms with Crippen molar-refractivity contribution >= 4 is 5.78 Å². The minimum absolute atomic E-state index is 0.0752. The second kappa shape index (κ2) is 4.40. The van der Waals surface area contributed by atoms with Crippen LogP contribution in [-0.4, -0.2) is 22.8 Å². The molecule has 0 N–H and O–H groups in total. The summed E-state index contributed by atoms with van der Waals surface area (Å²) >= 11 is 0. The Balaban J connectivity index is 1.87. The van der Waals surface area contributed by atoms with Crippen LogP contribution in [0.25, 0.3) is 0 Å². The molecule has 0 unspecified atom stereocenters. The molecule has 18 heavy (non-hydrogen) atoms. The van der Waals surface area contributed by atoms with E-state index in [1.165, 1.54) is 5.56 Å². The molecule has 1 fully saturated rings. The highest BCUT2D eigenvalue weighted by molar-refractivity contribution is 5.96. The van der Waals surface area contributed by atoms with Gasteiger partial charge in [0.15, 0.2) is 5.78 Å². The Morgan fingerprint density at radius 2 is 2.11 bits per heavy atom. The third kappa shape index (κ3) is 1.75.